The van der Waals surface area contributed by atoms with Gasteiger partial charge in [-0.3, -0.25) is 0 Å². The molecule has 0 heterocycles. The van der Waals surface area contributed by atoms with Crippen LogP contribution in [0.3, 0.4) is 0 Å². The van der Waals surface area contributed by atoms with Gasteiger partial charge >= 0.3 is 0 Å². The minimum atomic E-state index is -0.0998. The first-order valence-corrected chi connectivity index (χ1v) is 4.74. The van der Waals surface area contributed by atoms with Gasteiger partial charge in [-0.2, -0.15) is 0 Å². The van der Waals surface area contributed by atoms with Crippen LogP contribution in [0.4, 0.5) is 0 Å². The van der Waals surface area contributed by atoms with Crippen molar-refractivity contribution in [2.24, 2.45) is 5.92 Å². The SMILES string of the molecule is CC(C)(OCC=O)C1CCCC1. The van der Waals surface area contributed by atoms with Crippen LogP contribution in [-0.2, 0) is 9.53 Å². The van der Waals surface area contributed by atoms with Crippen molar-refractivity contribution in [1.82, 2.24) is 0 Å². The van der Waals surface area contributed by atoms with Crippen LogP contribution in [0, 0.1) is 5.92 Å². The Labute approximate surface area is 74.3 Å². The van der Waals surface area contributed by atoms with E-state index in [0.29, 0.717) is 5.92 Å². The molecular weight excluding hydrogens is 152 g/mol. The summed E-state index contributed by atoms with van der Waals surface area (Å²) in [6, 6.07) is 0. The summed E-state index contributed by atoms with van der Waals surface area (Å²) in [6.07, 6.45) is 5.98. The second kappa shape index (κ2) is 4.04. The van der Waals surface area contributed by atoms with E-state index in [1.807, 2.05) is 0 Å². The van der Waals surface area contributed by atoms with Crippen molar-refractivity contribution in [3.05, 3.63) is 0 Å². The third-order valence-electron chi connectivity index (χ3n) is 2.86. The van der Waals surface area contributed by atoms with E-state index in [1.54, 1.807) is 0 Å². The van der Waals surface area contributed by atoms with Crippen LogP contribution >= 0.6 is 0 Å². The van der Waals surface area contributed by atoms with Gasteiger partial charge in [0.05, 0.1) is 5.60 Å². The van der Waals surface area contributed by atoms with Gasteiger partial charge in [0, 0.05) is 0 Å². The van der Waals surface area contributed by atoms with E-state index in [4.69, 9.17) is 4.74 Å². The summed E-state index contributed by atoms with van der Waals surface area (Å²) >= 11 is 0. The lowest BCUT2D eigenvalue weighted by molar-refractivity contribution is -0.121. The van der Waals surface area contributed by atoms with Gasteiger partial charge in [0.2, 0.25) is 0 Å². The van der Waals surface area contributed by atoms with E-state index < -0.39 is 0 Å². The summed E-state index contributed by atoms with van der Waals surface area (Å²) in [6.45, 7) is 4.42. The Bertz CT molecular complexity index is 146. The van der Waals surface area contributed by atoms with Crippen LogP contribution in [0.15, 0.2) is 0 Å². The average molecular weight is 170 g/mol. The predicted octanol–water partition coefficient (Wildman–Crippen LogP) is 2.17. The van der Waals surface area contributed by atoms with Gasteiger partial charge in [-0.15, -0.1) is 0 Å². The van der Waals surface area contributed by atoms with Crippen LogP contribution < -0.4 is 0 Å². The number of carbonyl (C=O) groups is 1. The molecule has 1 fully saturated rings. The summed E-state index contributed by atoms with van der Waals surface area (Å²) in [4.78, 5) is 10.1. The molecule has 0 radical (unpaired) electrons. The van der Waals surface area contributed by atoms with Gasteiger partial charge in [0.1, 0.15) is 12.9 Å². The van der Waals surface area contributed by atoms with Gasteiger partial charge in [-0.1, -0.05) is 12.8 Å². The van der Waals surface area contributed by atoms with Gasteiger partial charge < -0.3 is 9.53 Å². The molecule has 1 saturated carbocycles. The smallest absolute Gasteiger partial charge is 0.145 e. The second-order valence-electron chi connectivity index (χ2n) is 4.06. The maximum absolute atomic E-state index is 10.1. The predicted molar refractivity (Wildman–Crippen MR) is 48.1 cm³/mol. The van der Waals surface area contributed by atoms with Gasteiger partial charge in [-0.05, 0) is 32.6 Å². The number of aldehydes is 1. The topological polar surface area (TPSA) is 26.3 Å². The van der Waals surface area contributed by atoms with Crippen LogP contribution in [0.25, 0.3) is 0 Å². The molecule has 0 spiro atoms. The zero-order valence-electron chi connectivity index (χ0n) is 8.01. The maximum atomic E-state index is 10.1. The molecule has 1 aliphatic carbocycles. The van der Waals surface area contributed by atoms with Crippen molar-refractivity contribution in [1.29, 1.82) is 0 Å². The van der Waals surface area contributed by atoms with Gasteiger partial charge in [-0.25, -0.2) is 0 Å². The molecule has 0 amide bonds. The number of carbonyl (C=O) groups excluding carboxylic acids is 1. The summed E-state index contributed by atoms with van der Waals surface area (Å²) in [5.74, 6) is 0.650. The molecule has 0 aromatic rings. The molecule has 0 atom stereocenters. The first-order valence-electron chi connectivity index (χ1n) is 4.74. The molecular formula is C10H18O2. The van der Waals surface area contributed by atoms with Crippen molar-refractivity contribution in [2.75, 3.05) is 6.61 Å². The molecule has 0 N–H and O–H groups in total. The lowest BCUT2D eigenvalue weighted by atomic mass is 9.89. The molecule has 0 aromatic carbocycles. The van der Waals surface area contributed by atoms with Crippen LogP contribution in [0.5, 0.6) is 0 Å². The lowest BCUT2D eigenvalue weighted by Gasteiger charge is -2.30. The Morgan fingerprint density at radius 1 is 1.42 bits per heavy atom. The van der Waals surface area contributed by atoms with Crippen molar-refractivity contribution in [3.8, 4) is 0 Å². The zero-order chi connectivity index (χ0) is 9.03. The molecule has 1 aliphatic rings. The highest BCUT2D eigenvalue weighted by Gasteiger charge is 2.32. The fourth-order valence-corrected chi connectivity index (χ4v) is 1.99. The Balaban J connectivity index is 2.39. The molecule has 2 heteroatoms. The molecule has 0 saturated heterocycles. The van der Waals surface area contributed by atoms with E-state index >= 15 is 0 Å². The van der Waals surface area contributed by atoms with Crippen LogP contribution in [0.2, 0.25) is 0 Å². The largest absolute Gasteiger partial charge is 0.368 e. The van der Waals surface area contributed by atoms with Crippen molar-refractivity contribution >= 4 is 6.29 Å². The number of hydrogen-bond acceptors (Lipinski definition) is 2. The highest BCUT2D eigenvalue weighted by molar-refractivity contribution is 5.50. The highest BCUT2D eigenvalue weighted by Crippen LogP contribution is 2.35. The normalized spacial score (nSPS) is 19.8. The second-order valence-corrected chi connectivity index (χ2v) is 4.06. The van der Waals surface area contributed by atoms with E-state index in [-0.39, 0.29) is 12.2 Å². The average Bonchev–Trinajstić information content (AvgIpc) is 2.53. The highest BCUT2D eigenvalue weighted by atomic mass is 16.5. The fourth-order valence-electron chi connectivity index (χ4n) is 1.99. The Kier molecular flexibility index (Phi) is 3.27. The molecule has 70 valence electrons. The monoisotopic (exact) mass is 170 g/mol. The molecule has 0 aromatic heterocycles. The number of rotatable bonds is 4. The minimum Gasteiger partial charge on any atom is -0.368 e. The fraction of sp³-hybridized carbons (Fsp3) is 0.900. The summed E-state index contributed by atoms with van der Waals surface area (Å²) in [7, 11) is 0. The van der Waals surface area contributed by atoms with E-state index in [1.165, 1.54) is 25.7 Å². The molecule has 1 rings (SSSR count). The third kappa shape index (κ3) is 2.31. The van der Waals surface area contributed by atoms with E-state index in [9.17, 15) is 4.79 Å². The van der Waals surface area contributed by atoms with E-state index in [0.717, 1.165) is 6.29 Å². The minimum absolute atomic E-state index is 0.0998. The van der Waals surface area contributed by atoms with Crippen LogP contribution in [-0.4, -0.2) is 18.5 Å². The van der Waals surface area contributed by atoms with Crippen molar-refractivity contribution in [3.63, 3.8) is 0 Å². The Morgan fingerprint density at radius 2 is 2.00 bits per heavy atom. The molecule has 0 aliphatic heterocycles. The lowest BCUT2D eigenvalue weighted by Crippen LogP contribution is -2.33. The van der Waals surface area contributed by atoms with Crippen molar-refractivity contribution < 1.29 is 9.53 Å². The molecule has 0 bridgehead atoms. The first kappa shape index (κ1) is 9.72. The summed E-state index contributed by atoms with van der Waals surface area (Å²) < 4.78 is 5.49. The van der Waals surface area contributed by atoms with Gasteiger partial charge in [0.25, 0.3) is 0 Å². The van der Waals surface area contributed by atoms with E-state index in [2.05, 4.69) is 13.8 Å². The first-order chi connectivity index (χ1) is 5.67. The Morgan fingerprint density at radius 3 is 2.50 bits per heavy atom. The maximum Gasteiger partial charge on any atom is 0.145 e. The Hall–Kier alpha value is -0.370. The van der Waals surface area contributed by atoms with Crippen molar-refractivity contribution in [2.45, 2.75) is 45.1 Å². The number of ether oxygens (including phenoxy) is 1. The standard InChI is InChI=1S/C10H18O2/c1-10(2,12-8-7-11)9-5-3-4-6-9/h7,9H,3-6,8H2,1-2H3. The summed E-state index contributed by atoms with van der Waals surface area (Å²) in [5, 5.41) is 0. The molecule has 2 nitrogen and oxygen atoms in total. The zero-order valence-corrected chi connectivity index (χ0v) is 8.01. The molecule has 12 heavy (non-hydrogen) atoms. The third-order valence-corrected chi connectivity index (χ3v) is 2.86. The summed E-state index contributed by atoms with van der Waals surface area (Å²) in [5.41, 5.74) is -0.0998. The number of hydrogen-bond donors (Lipinski definition) is 0. The van der Waals surface area contributed by atoms with Gasteiger partial charge in [0.15, 0.2) is 0 Å². The quantitative estimate of drug-likeness (QED) is 0.604. The van der Waals surface area contributed by atoms with Crippen LogP contribution in [0.1, 0.15) is 39.5 Å². The molecule has 0 unspecified atom stereocenters.